The fourth-order valence-electron chi connectivity index (χ4n) is 2.91. The zero-order valence-corrected chi connectivity index (χ0v) is 13.1. The van der Waals surface area contributed by atoms with Crippen molar-refractivity contribution in [2.75, 3.05) is 20.7 Å². The lowest BCUT2D eigenvalue weighted by Gasteiger charge is -2.29. The van der Waals surface area contributed by atoms with Gasteiger partial charge in [0.2, 0.25) is 0 Å². The van der Waals surface area contributed by atoms with Gasteiger partial charge in [0, 0.05) is 6.04 Å². The predicted molar refractivity (Wildman–Crippen MR) is 81.8 cm³/mol. The van der Waals surface area contributed by atoms with Crippen LogP contribution in [0.4, 0.5) is 0 Å². The van der Waals surface area contributed by atoms with Gasteiger partial charge in [-0.3, -0.25) is 0 Å². The standard InChI is InChI=1S/C16H28N2O/c1-7-13(9-17)16(18-5)15-10(2)8-14(19-6)11(3)12(15)4/h8,13,16,18H,7,9,17H2,1-6H3. The monoisotopic (exact) mass is 264 g/mol. The number of rotatable bonds is 6. The molecule has 0 aliphatic heterocycles. The first-order chi connectivity index (χ1) is 9.01. The van der Waals surface area contributed by atoms with E-state index in [9.17, 15) is 0 Å². The van der Waals surface area contributed by atoms with E-state index in [-0.39, 0.29) is 0 Å². The van der Waals surface area contributed by atoms with Gasteiger partial charge in [-0.15, -0.1) is 0 Å². The fraction of sp³-hybridized carbons (Fsp3) is 0.625. The molecule has 3 heteroatoms. The van der Waals surface area contributed by atoms with Crippen LogP contribution in [0.15, 0.2) is 6.07 Å². The van der Waals surface area contributed by atoms with Gasteiger partial charge >= 0.3 is 0 Å². The van der Waals surface area contributed by atoms with E-state index in [4.69, 9.17) is 10.5 Å². The van der Waals surface area contributed by atoms with E-state index in [1.54, 1.807) is 7.11 Å². The van der Waals surface area contributed by atoms with Crippen molar-refractivity contribution in [1.82, 2.24) is 5.32 Å². The molecule has 3 N–H and O–H groups in total. The predicted octanol–water partition coefficient (Wildman–Crippen LogP) is 2.87. The normalized spacial score (nSPS) is 14.3. The van der Waals surface area contributed by atoms with Crippen LogP contribution < -0.4 is 15.8 Å². The highest BCUT2D eigenvalue weighted by molar-refractivity contribution is 5.49. The molecule has 2 unspecified atom stereocenters. The number of methoxy groups -OCH3 is 1. The van der Waals surface area contributed by atoms with Crippen LogP contribution in [0.5, 0.6) is 5.75 Å². The van der Waals surface area contributed by atoms with Crippen molar-refractivity contribution in [3.63, 3.8) is 0 Å². The van der Waals surface area contributed by atoms with Gasteiger partial charge < -0.3 is 15.8 Å². The van der Waals surface area contributed by atoms with Crippen LogP contribution in [0.1, 0.15) is 41.6 Å². The van der Waals surface area contributed by atoms with Crippen molar-refractivity contribution in [2.24, 2.45) is 11.7 Å². The van der Waals surface area contributed by atoms with Gasteiger partial charge in [0.05, 0.1) is 7.11 Å². The lowest BCUT2D eigenvalue weighted by atomic mass is 9.84. The summed E-state index contributed by atoms with van der Waals surface area (Å²) < 4.78 is 5.44. The molecule has 108 valence electrons. The summed E-state index contributed by atoms with van der Waals surface area (Å²) in [5, 5.41) is 3.45. The molecule has 1 aromatic rings. The summed E-state index contributed by atoms with van der Waals surface area (Å²) in [6, 6.07) is 2.44. The average Bonchev–Trinajstić information content (AvgIpc) is 2.42. The van der Waals surface area contributed by atoms with E-state index >= 15 is 0 Å². The molecule has 19 heavy (non-hydrogen) atoms. The number of nitrogens with two attached hydrogens (primary N) is 1. The molecule has 0 fully saturated rings. The highest BCUT2D eigenvalue weighted by Gasteiger charge is 2.24. The van der Waals surface area contributed by atoms with Crippen molar-refractivity contribution >= 4 is 0 Å². The second kappa shape index (κ2) is 6.92. The lowest BCUT2D eigenvalue weighted by molar-refractivity contribution is 0.374. The highest BCUT2D eigenvalue weighted by atomic mass is 16.5. The Hall–Kier alpha value is -1.06. The van der Waals surface area contributed by atoms with Crippen molar-refractivity contribution in [2.45, 2.75) is 40.2 Å². The number of hydrogen-bond donors (Lipinski definition) is 2. The minimum absolute atomic E-state index is 0.305. The summed E-state index contributed by atoms with van der Waals surface area (Å²) in [7, 11) is 3.74. The molecule has 1 rings (SSSR count). The summed E-state index contributed by atoms with van der Waals surface area (Å²) in [4.78, 5) is 0. The van der Waals surface area contributed by atoms with E-state index in [2.05, 4.69) is 39.1 Å². The van der Waals surface area contributed by atoms with Gasteiger partial charge in [0.15, 0.2) is 0 Å². The van der Waals surface area contributed by atoms with E-state index in [0.29, 0.717) is 18.5 Å². The molecule has 0 spiro atoms. The maximum atomic E-state index is 5.93. The average molecular weight is 264 g/mol. The number of nitrogens with one attached hydrogen (secondary N) is 1. The Morgan fingerprint density at radius 3 is 2.32 bits per heavy atom. The molecule has 0 heterocycles. The van der Waals surface area contributed by atoms with Crippen LogP contribution in [-0.2, 0) is 0 Å². The van der Waals surface area contributed by atoms with E-state index in [0.717, 1.165) is 12.2 Å². The molecule has 0 radical (unpaired) electrons. The summed E-state index contributed by atoms with van der Waals surface area (Å²) >= 11 is 0. The zero-order chi connectivity index (χ0) is 14.6. The second-order valence-corrected chi connectivity index (χ2v) is 5.23. The van der Waals surface area contributed by atoms with Gasteiger partial charge in [-0.2, -0.15) is 0 Å². The number of aryl methyl sites for hydroxylation is 1. The van der Waals surface area contributed by atoms with Crippen LogP contribution in [0.2, 0.25) is 0 Å². The summed E-state index contributed by atoms with van der Waals surface area (Å²) in [5.74, 6) is 1.42. The van der Waals surface area contributed by atoms with E-state index < -0.39 is 0 Å². The second-order valence-electron chi connectivity index (χ2n) is 5.23. The smallest absolute Gasteiger partial charge is 0.122 e. The SMILES string of the molecule is CCC(CN)C(NC)c1c(C)cc(OC)c(C)c1C. The lowest BCUT2D eigenvalue weighted by Crippen LogP contribution is -2.31. The van der Waals surface area contributed by atoms with Gasteiger partial charge in [-0.05, 0) is 68.6 Å². The first-order valence-corrected chi connectivity index (χ1v) is 7.03. The number of hydrogen-bond acceptors (Lipinski definition) is 3. The molecule has 0 bridgehead atoms. The van der Waals surface area contributed by atoms with Gasteiger partial charge in [-0.25, -0.2) is 0 Å². The van der Waals surface area contributed by atoms with Gasteiger partial charge in [-0.1, -0.05) is 13.3 Å². The van der Waals surface area contributed by atoms with Crippen LogP contribution in [-0.4, -0.2) is 20.7 Å². The Balaban J connectivity index is 3.36. The summed E-state index contributed by atoms with van der Waals surface area (Å²) in [6.45, 7) is 9.34. The molecule has 0 saturated heterocycles. The Kier molecular flexibility index (Phi) is 5.83. The molecule has 2 atom stereocenters. The molecule has 3 nitrogen and oxygen atoms in total. The molecular formula is C16H28N2O. The Morgan fingerprint density at radius 2 is 1.89 bits per heavy atom. The third-order valence-corrected chi connectivity index (χ3v) is 4.25. The Bertz CT molecular complexity index is 425. The molecule has 0 saturated carbocycles. The van der Waals surface area contributed by atoms with Crippen LogP contribution >= 0.6 is 0 Å². The first kappa shape index (κ1) is 16.0. The molecule has 0 amide bonds. The minimum Gasteiger partial charge on any atom is -0.496 e. The number of ether oxygens (including phenoxy) is 1. The molecule has 0 aliphatic carbocycles. The van der Waals surface area contributed by atoms with E-state index in [1.807, 2.05) is 7.05 Å². The van der Waals surface area contributed by atoms with Gasteiger partial charge in [0.1, 0.15) is 5.75 Å². The van der Waals surface area contributed by atoms with Crippen molar-refractivity contribution in [3.8, 4) is 5.75 Å². The van der Waals surface area contributed by atoms with Gasteiger partial charge in [0.25, 0.3) is 0 Å². The Morgan fingerprint density at radius 1 is 1.26 bits per heavy atom. The molecule has 1 aromatic carbocycles. The van der Waals surface area contributed by atoms with Crippen molar-refractivity contribution in [3.05, 3.63) is 28.3 Å². The maximum absolute atomic E-state index is 5.93. The topological polar surface area (TPSA) is 47.3 Å². The summed E-state index contributed by atoms with van der Waals surface area (Å²) in [5.41, 5.74) is 11.1. The number of benzene rings is 1. The van der Waals surface area contributed by atoms with E-state index in [1.165, 1.54) is 22.3 Å². The summed E-state index contributed by atoms with van der Waals surface area (Å²) in [6.07, 6.45) is 1.08. The molecule has 0 aromatic heterocycles. The minimum atomic E-state index is 0.305. The first-order valence-electron chi connectivity index (χ1n) is 7.03. The zero-order valence-electron chi connectivity index (χ0n) is 13.1. The largest absolute Gasteiger partial charge is 0.496 e. The van der Waals surface area contributed by atoms with Crippen LogP contribution in [0.25, 0.3) is 0 Å². The molecular weight excluding hydrogens is 236 g/mol. The maximum Gasteiger partial charge on any atom is 0.122 e. The fourth-order valence-corrected chi connectivity index (χ4v) is 2.91. The Labute approximate surface area is 117 Å². The molecule has 0 aliphatic rings. The quantitative estimate of drug-likeness (QED) is 0.830. The third kappa shape index (κ3) is 3.10. The highest BCUT2D eigenvalue weighted by Crippen LogP contribution is 2.34. The van der Waals surface area contributed by atoms with Crippen molar-refractivity contribution in [1.29, 1.82) is 0 Å². The third-order valence-electron chi connectivity index (χ3n) is 4.25. The van der Waals surface area contributed by atoms with Crippen LogP contribution in [0.3, 0.4) is 0 Å². The van der Waals surface area contributed by atoms with Crippen LogP contribution in [0, 0.1) is 26.7 Å². The van der Waals surface area contributed by atoms with Crippen molar-refractivity contribution < 1.29 is 4.74 Å².